The van der Waals surface area contributed by atoms with Crippen LogP contribution in [-0.2, 0) is 16.6 Å². The number of benzene rings is 1. The van der Waals surface area contributed by atoms with Crippen LogP contribution in [0.15, 0.2) is 27.9 Å². The lowest BCUT2D eigenvalue weighted by molar-refractivity contribution is 0.597. The minimum atomic E-state index is -3.69. The van der Waals surface area contributed by atoms with Gasteiger partial charge < -0.3 is 5.32 Å². The summed E-state index contributed by atoms with van der Waals surface area (Å²) in [4.78, 5) is 4.29. The number of aromatic nitrogens is 1. The Morgan fingerprint density at radius 1 is 1.37 bits per heavy atom. The van der Waals surface area contributed by atoms with Crippen LogP contribution >= 0.6 is 11.3 Å². The molecular formula is C12H15N3O2S2. The van der Waals surface area contributed by atoms with Crippen LogP contribution in [0.4, 0.5) is 5.69 Å². The summed E-state index contributed by atoms with van der Waals surface area (Å²) in [6.07, 6.45) is 0. The highest BCUT2D eigenvalue weighted by Gasteiger charge is 2.12. The van der Waals surface area contributed by atoms with E-state index in [0.29, 0.717) is 6.54 Å². The number of sulfonamides is 1. The van der Waals surface area contributed by atoms with Crippen LogP contribution in [0.5, 0.6) is 0 Å². The Bertz CT molecular complexity index is 679. The van der Waals surface area contributed by atoms with Gasteiger partial charge in [-0.3, -0.25) is 0 Å². The van der Waals surface area contributed by atoms with Crippen molar-refractivity contribution in [3.8, 4) is 0 Å². The monoisotopic (exact) mass is 297 g/mol. The van der Waals surface area contributed by atoms with E-state index in [2.05, 4.69) is 10.3 Å². The van der Waals surface area contributed by atoms with Crippen LogP contribution in [0.3, 0.4) is 0 Å². The summed E-state index contributed by atoms with van der Waals surface area (Å²) in [5.74, 6) is 0. The molecule has 1 aromatic heterocycles. The van der Waals surface area contributed by atoms with Gasteiger partial charge in [0.15, 0.2) is 0 Å². The lowest BCUT2D eigenvalue weighted by atomic mass is 10.1. The predicted octanol–water partition coefficient (Wildman–Crippen LogP) is 2.02. The van der Waals surface area contributed by atoms with Crippen LogP contribution < -0.4 is 10.5 Å². The lowest BCUT2D eigenvalue weighted by Gasteiger charge is -2.12. The zero-order valence-electron chi connectivity index (χ0n) is 10.7. The van der Waals surface area contributed by atoms with Gasteiger partial charge in [-0.25, -0.2) is 18.5 Å². The smallest absolute Gasteiger partial charge is 0.238 e. The first-order chi connectivity index (χ1) is 8.88. The number of nitrogens with one attached hydrogen (secondary N) is 1. The maximum Gasteiger partial charge on any atom is 0.238 e. The molecule has 2 aromatic rings. The summed E-state index contributed by atoms with van der Waals surface area (Å²) >= 11 is 1.52. The maximum absolute atomic E-state index is 11.4. The van der Waals surface area contributed by atoms with E-state index in [-0.39, 0.29) is 4.90 Å². The molecule has 0 spiro atoms. The van der Waals surface area contributed by atoms with Crippen LogP contribution in [0.25, 0.3) is 0 Å². The highest BCUT2D eigenvalue weighted by atomic mass is 32.2. The van der Waals surface area contributed by atoms with Gasteiger partial charge in [0.1, 0.15) is 0 Å². The van der Waals surface area contributed by atoms with E-state index in [4.69, 9.17) is 5.14 Å². The molecule has 19 heavy (non-hydrogen) atoms. The van der Waals surface area contributed by atoms with E-state index < -0.39 is 10.0 Å². The normalized spacial score (nSPS) is 11.5. The van der Waals surface area contributed by atoms with E-state index in [0.717, 1.165) is 22.5 Å². The van der Waals surface area contributed by atoms with Crippen molar-refractivity contribution >= 4 is 27.0 Å². The van der Waals surface area contributed by atoms with E-state index in [9.17, 15) is 8.42 Å². The third-order valence-corrected chi connectivity index (χ3v) is 4.44. The summed E-state index contributed by atoms with van der Waals surface area (Å²) < 4.78 is 22.8. The number of thiazole rings is 1. The number of hydrogen-bond donors (Lipinski definition) is 2. The molecule has 7 heteroatoms. The Morgan fingerprint density at radius 2 is 2.11 bits per heavy atom. The van der Waals surface area contributed by atoms with Gasteiger partial charge in [0.2, 0.25) is 10.0 Å². The average molecular weight is 297 g/mol. The second-order valence-electron chi connectivity index (χ2n) is 4.29. The molecule has 1 aromatic carbocycles. The van der Waals surface area contributed by atoms with Gasteiger partial charge in [0.25, 0.3) is 0 Å². The van der Waals surface area contributed by atoms with Gasteiger partial charge in [-0.15, -0.1) is 11.3 Å². The summed E-state index contributed by atoms with van der Waals surface area (Å²) in [5.41, 5.74) is 5.32. The fourth-order valence-electron chi connectivity index (χ4n) is 1.68. The second-order valence-corrected chi connectivity index (χ2v) is 6.57. The van der Waals surface area contributed by atoms with Crippen molar-refractivity contribution in [3.63, 3.8) is 0 Å². The molecule has 0 radical (unpaired) electrons. The summed E-state index contributed by atoms with van der Waals surface area (Å²) in [6, 6.07) is 3.14. The highest BCUT2D eigenvalue weighted by molar-refractivity contribution is 7.89. The molecule has 0 amide bonds. The number of nitrogens with two attached hydrogens (primary N) is 1. The van der Waals surface area contributed by atoms with E-state index in [1.807, 2.05) is 19.2 Å². The average Bonchev–Trinajstić information content (AvgIpc) is 2.82. The second kappa shape index (κ2) is 5.28. The summed E-state index contributed by atoms with van der Waals surface area (Å²) in [5, 5.41) is 10.3. The van der Waals surface area contributed by atoms with Crippen LogP contribution in [0.2, 0.25) is 0 Å². The molecule has 0 saturated heterocycles. The van der Waals surface area contributed by atoms with E-state index in [1.54, 1.807) is 17.6 Å². The summed E-state index contributed by atoms with van der Waals surface area (Å²) in [6.45, 7) is 4.35. The molecule has 5 nitrogen and oxygen atoms in total. The molecule has 0 aliphatic heterocycles. The van der Waals surface area contributed by atoms with Gasteiger partial charge in [0.05, 0.1) is 22.6 Å². The minimum absolute atomic E-state index is 0.122. The van der Waals surface area contributed by atoms with Crippen molar-refractivity contribution in [2.24, 2.45) is 5.14 Å². The summed E-state index contributed by atoms with van der Waals surface area (Å²) in [7, 11) is -3.69. The van der Waals surface area contributed by atoms with Crippen molar-refractivity contribution in [2.75, 3.05) is 5.32 Å². The van der Waals surface area contributed by atoms with Gasteiger partial charge in [-0.2, -0.15) is 0 Å². The molecule has 0 aliphatic carbocycles. The van der Waals surface area contributed by atoms with Crippen molar-refractivity contribution in [1.29, 1.82) is 0 Å². The minimum Gasteiger partial charge on any atom is -0.379 e. The lowest BCUT2D eigenvalue weighted by Crippen LogP contribution is -2.13. The van der Waals surface area contributed by atoms with Crippen LogP contribution in [-0.4, -0.2) is 13.4 Å². The maximum atomic E-state index is 11.4. The molecule has 102 valence electrons. The number of hydrogen-bond acceptors (Lipinski definition) is 5. The Kier molecular flexibility index (Phi) is 3.88. The molecule has 0 atom stereocenters. The molecule has 1 heterocycles. The first-order valence-corrected chi connectivity index (χ1v) is 8.12. The third kappa shape index (κ3) is 3.31. The highest BCUT2D eigenvalue weighted by Crippen LogP contribution is 2.24. The molecule has 3 N–H and O–H groups in total. The quantitative estimate of drug-likeness (QED) is 0.904. The largest absolute Gasteiger partial charge is 0.379 e. The molecule has 0 aliphatic rings. The standard InChI is InChI=1S/C12H15N3O2S2/c1-8-3-11(19(13,16)17)4-12(9(8)2)14-5-10-6-18-7-15-10/h3-4,6-7,14H,5H2,1-2H3,(H2,13,16,17). The fourth-order valence-corrected chi connectivity index (χ4v) is 2.87. The van der Waals surface area contributed by atoms with Crippen LogP contribution in [0, 0.1) is 13.8 Å². The number of nitrogens with zero attached hydrogens (tertiary/aromatic N) is 1. The molecule has 0 bridgehead atoms. The van der Waals surface area contributed by atoms with Gasteiger partial charge in [0, 0.05) is 11.1 Å². The molecule has 2 rings (SSSR count). The zero-order valence-corrected chi connectivity index (χ0v) is 12.3. The first-order valence-electron chi connectivity index (χ1n) is 5.63. The first kappa shape index (κ1) is 14.0. The van der Waals surface area contributed by atoms with Gasteiger partial charge >= 0.3 is 0 Å². The van der Waals surface area contributed by atoms with Crippen molar-refractivity contribution in [3.05, 3.63) is 39.8 Å². The fraction of sp³-hybridized carbons (Fsp3) is 0.250. The van der Waals surface area contributed by atoms with Crippen molar-refractivity contribution in [1.82, 2.24) is 4.98 Å². The van der Waals surface area contributed by atoms with Crippen molar-refractivity contribution in [2.45, 2.75) is 25.3 Å². The topological polar surface area (TPSA) is 85.1 Å². The molecule has 0 unspecified atom stereocenters. The molecule has 0 saturated carbocycles. The van der Waals surface area contributed by atoms with Gasteiger partial charge in [-0.05, 0) is 37.1 Å². The van der Waals surface area contributed by atoms with E-state index >= 15 is 0 Å². The predicted molar refractivity (Wildman–Crippen MR) is 76.7 cm³/mol. The number of anilines is 1. The Morgan fingerprint density at radius 3 is 2.68 bits per heavy atom. The van der Waals surface area contributed by atoms with Crippen molar-refractivity contribution < 1.29 is 8.42 Å². The SMILES string of the molecule is Cc1cc(S(N)(=O)=O)cc(NCc2cscn2)c1C. The molecule has 0 fully saturated rings. The Balaban J connectivity index is 2.31. The number of aryl methyl sites for hydroxylation is 1. The van der Waals surface area contributed by atoms with Gasteiger partial charge in [-0.1, -0.05) is 0 Å². The zero-order chi connectivity index (χ0) is 14.0. The Hall–Kier alpha value is -1.44. The molecular weight excluding hydrogens is 282 g/mol. The third-order valence-electron chi connectivity index (χ3n) is 2.91. The van der Waals surface area contributed by atoms with Crippen LogP contribution in [0.1, 0.15) is 16.8 Å². The Labute approximate surface area is 116 Å². The number of primary sulfonamides is 1. The number of rotatable bonds is 4. The van der Waals surface area contributed by atoms with E-state index in [1.165, 1.54) is 11.3 Å².